The average Bonchev–Trinajstić information content (AvgIpc) is 3.02. The van der Waals surface area contributed by atoms with Crippen molar-refractivity contribution in [2.24, 2.45) is 0 Å². The Hall–Kier alpha value is -2.06. The summed E-state index contributed by atoms with van der Waals surface area (Å²) < 4.78 is 0. The second-order valence-corrected chi connectivity index (χ2v) is 7.38. The predicted octanol–water partition coefficient (Wildman–Crippen LogP) is 4.69. The van der Waals surface area contributed by atoms with Gasteiger partial charge >= 0.3 is 0 Å². The number of nitrogens with one attached hydrogen (secondary N) is 2. The number of aromatic amines is 1. The third-order valence-electron chi connectivity index (χ3n) is 5.90. The number of rotatable bonds is 2. The number of aromatic nitrogens is 1. The van der Waals surface area contributed by atoms with Gasteiger partial charge in [-0.25, -0.2) is 0 Å². The standard InChI is InChI=1S/C22H24N2/c1-2-7-16-14-17(13-12-15(16)6-1)23-21-11-5-9-19-18-8-3-4-10-20(18)24-22(19)21/h1-4,6-8,10,17,21,23-24H,5,9,11-14H2. The van der Waals surface area contributed by atoms with E-state index < -0.39 is 0 Å². The van der Waals surface area contributed by atoms with Crippen molar-refractivity contribution in [3.8, 4) is 0 Å². The maximum Gasteiger partial charge on any atom is 0.0478 e. The minimum absolute atomic E-state index is 0.483. The Balaban J connectivity index is 1.42. The quantitative estimate of drug-likeness (QED) is 0.705. The molecule has 1 aromatic heterocycles. The predicted molar refractivity (Wildman–Crippen MR) is 99.4 cm³/mol. The SMILES string of the molecule is c1ccc2c(c1)CCC(NC1CCCc3c1[nH]c1ccccc31)C2. The normalized spacial score (nSPS) is 23.0. The van der Waals surface area contributed by atoms with E-state index in [1.54, 1.807) is 11.1 Å². The van der Waals surface area contributed by atoms with Crippen molar-refractivity contribution in [3.05, 3.63) is 70.9 Å². The second-order valence-electron chi connectivity index (χ2n) is 7.38. The molecule has 1 heterocycles. The van der Waals surface area contributed by atoms with Crippen LogP contribution in [0.5, 0.6) is 0 Å². The Morgan fingerprint density at radius 1 is 0.875 bits per heavy atom. The Kier molecular flexibility index (Phi) is 3.45. The molecule has 0 spiro atoms. The summed E-state index contributed by atoms with van der Waals surface area (Å²) in [6.45, 7) is 0. The van der Waals surface area contributed by atoms with Crippen molar-refractivity contribution < 1.29 is 0 Å². The molecule has 122 valence electrons. The van der Waals surface area contributed by atoms with Gasteiger partial charge in [-0.3, -0.25) is 0 Å². The van der Waals surface area contributed by atoms with E-state index in [0.29, 0.717) is 12.1 Å². The first kappa shape index (κ1) is 14.3. The van der Waals surface area contributed by atoms with Crippen LogP contribution < -0.4 is 5.32 Å². The number of aryl methyl sites for hydroxylation is 2. The van der Waals surface area contributed by atoms with E-state index in [9.17, 15) is 0 Å². The van der Waals surface area contributed by atoms with Crippen molar-refractivity contribution in [1.29, 1.82) is 0 Å². The van der Waals surface area contributed by atoms with Crippen LogP contribution in [-0.4, -0.2) is 11.0 Å². The summed E-state index contributed by atoms with van der Waals surface area (Å²) >= 11 is 0. The van der Waals surface area contributed by atoms with Crippen LogP contribution in [0.15, 0.2) is 48.5 Å². The third-order valence-corrected chi connectivity index (χ3v) is 5.90. The molecule has 0 saturated heterocycles. The Morgan fingerprint density at radius 3 is 2.67 bits per heavy atom. The van der Waals surface area contributed by atoms with Gasteiger partial charge in [-0.15, -0.1) is 0 Å². The van der Waals surface area contributed by atoms with Crippen LogP contribution >= 0.6 is 0 Å². The number of benzene rings is 2. The van der Waals surface area contributed by atoms with E-state index >= 15 is 0 Å². The molecule has 2 N–H and O–H groups in total. The molecule has 3 aromatic rings. The molecule has 2 aromatic carbocycles. The van der Waals surface area contributed by atoms with E-state index in [1.165, 1.54) is 60.7 Å². The minimum atomic E-state index is 0.483. The summed E-state index contributed by atoms with van der Waals surface area (Å²) in [6, 6.07) is 18.8. The molecule has 2 unspecified atom stereocenters. The monoisotopic (exact) mass is 316 g/mol. The van der Waals surface area contributed by atoms with Gasteiger partial charge in [0, 0.05) is 28.7 Å². The number of H-pyrrole nitrogens is 1. The van der Waals surface area contributed by atoms with Crippen molar-refractivity contribution >= 4 is 10.9 Å². The topological polar surface area (TPSA) is 27.8 Å². The largest absolute Gasteiger partial charge is 0.357 e. The van der Waals surface area contributed by atoms with E-state index in [4.69, 9.17) is 0 Å². The first-order valence-electron chi connectivity index (χ1n) is 9.31. The zero-order valence-corrected chi connectivity index (χ0v) is 14.0. The zero-order chi connectivity index (χ0) is 15.9. The van der Waals surface area contributed by atoms with Gasteiger partial charge in [0.1, 0.15) is 0 Å². The van der Waals surface area contributed by atoms with Gasteiger partial charge < -0.3 is 10.3 Å². The highest BCUT2D eigenvalue weighted by Gasteiger charge is 2.27. The average molecular weight is 316 g/mol. The Labute approximate surface area is 143 Å². The lowest BCUT2D eigenvalue weighted by molar-refractivity contribution is 0.364. The molecular weight excluding hydrogens is 292 g/mol. The highest BCUT2D eigenvalue weighted by atomic mass is 15.0. The van der Waals surface area contributed by atoms with Gasteiger partial charge in [0.05, 0.1) is 0 Å². The maximum atomic E-state index is 3.98. The van der Waals surface area contributed by atoms with E-state index in [-0.39, 0.29) is 0 Å². The highest BCUT2D eigenvalue weighted by Crippen LogP contribution is 2.35. The van der Waals surface area contributed by atoms with Gasteiger partial charge in [-0.2, -0.15) is 0 Å². The fraction of sp³-hybridized carbons (Fsp3) is 0.364. The second kappa shape index (κ2) is 5.78. The fourth-order valence-electron chi connectivity index (χ4n) is 4.71. The van der Waals surface area contributed by atoms with Gasteiger partial charge in [0.15, 0.2) is 0 Å². The van der Waals surface area contributed by atoms with Crippen LogP contribution in [0.4, 0.5) is 0 Å². The summed E-state index contributed by atoms with van der Waals surface area (Å²) in [5, 5.41) is 5.41. The number of fused-ring (bicyclic) bond motifs is 4. The summed E-state index contributed by atoms with van der Waals surface area (Å²) in [5.74, 6) is 0. The minimum Gasteiger partial charge on any atom is -0.357 e. The van der Waals surface area contributed by atoms with Crippen LogP contribution in [0.2, 0.25) is 0 Å². The summed E-state index contributed by atoms with van der Waals surface area (Å²) in [6.07, 6.45) is 7.38. The first-order chi connectivity index (χ1) is 11.9. The van der Waals surface area contributed by atoms with Crippen molar-refractivity contribution in [1.82, 2.24) is 10.3 Å². The number of hydrogen-bond donors (Lipinski definition) is 2. The molecule has 0 radical (unpaired) electrons. The third kappa shape index (κ3) is 2.37. The summed E-state index contributed by atoms with van der Waals surface area (Å²) in [4.78, 5) is 3.71. The molecule has 0 bridgehead atoms. The molecule has 0 aliphatic heterocycles. The van der Waals surface area contributed by atoms with Gasteiger partial charge in [-0.1, -0.05) is 42.5 Å². The smallest absolute Gasteiger partial charge is 0.0478 e. The lowest BCUT2D eigenvalue weighted by Gasteiger charge is -2.32. The summed E-state index contributed by atoms with van der Waals surface area (Å²) in [5.41, 5.74) is 7.37. The molecule has 24 heavy (non-hydrogen) atoms. The van der Waals surface area contributed by atoms with Crippen molar-refractivity contribution in [2.75, 3.05) is 0 Å². The molecular formula is C22H24N2. The van der Waals surface area contributed by atoms with Crippen molar-refractivity contribution in [2.45, 2.75) is 50.6 Å². The van der Waals surface area contributed by atoms with Crippen LogP contribution in [0.3, 0.4) is 0 Å². The number of hydrogen-bond acceptors (Lipinski definition) is 1. The number of para-hydroxylation sites is 1. The Bertz CT molecular complexity index is 877. The lowest BCUT2D eigenvalue weighted by atomic mass is 9.86. The van der Waals surface area contributed by atoms with E-state index in [0.717, 1.165) is 0 Å². The molecule has 0 saturated carbocycles. The van der Waals surface area contributed by atoms with Crippen LogP contribution in [0.25, 0.3) is 10.9 Å². The van der Waals surface area contributed by atoms with Crippen LogP contribution in [-0.2, 0) is 19.3 Å². The molecule has 0 amide bonds. The fourth-order valence-corrected chi connectivity index (χ4v) is 4.71. The van der Waals surface area contributed by atoms with Crippen LogP contribution in [0, 0.1) is 0 Å². The van der Waals surface area contributed by atoms with E-state index in [1.807, 2.05) is 0 Å². The first-order valence-corrected chi connectivity index (χ1v) is 9.31. The molecule has 2 aliphatic carbocycles. The van der Waals surface area contributed by atoms with Gasteiger partial charge in [0.25, 0.3) is 0 Å². The van der Waals surface area contributed by atoms with Gasteiger partial charge in [-0.05, 0) is 61.3 Å². The molecule has 5 rings (SSSR count). The highest BCUT2D eigenvalue weighted by molar-refractivity contribution is 5.85. The molecule has 2 aliphatic rings. The summed E-state index contributed by atoms with van der Waals surface area (Å²) in [7, 11) is 0. The Morgan fingerprint density at radius 2 is 1.71 bits per heavy atom. The van der Waals surface area contributed by atoms with Crippen molar-refractivity contribution in [3.63, 3.8) is 0 Å². The molecule has 2 nitrogen and oxygen atoms in total. The van der Waals surface area contributed by atoms with Crippen LogP contribution in [0.1, 0.15) is 47.7 Å². The lowest BCUT2D eigenvalue weighted by Crippen LogP contribution is -2.38. The molecule has 2 atom stereocenters. The molecule has 0 fully saturated rings. The molecule has 2 heteroatoms. The zero-order valence-electron chi connectivity index (χ0n) is 14.0. The maximum absolute atomic E-state index is 3.98. The van der Waals surface area contributed by atoms with E-state index in [2.05, 4.69) is 58.8 Å². The van der Waals surface area contributed by atoms with Gasteiger partial charge in [0.2, 0.25) is 0 Å².